The zero-order valence-corrected chi connectivity index (χ0v) is 13.4. The lowest BCUT2D eigenvalue weighted by molar-refractivity contribution is 0.0951. The number of benzene rings is 2. The molecule has 4 rings (SSSR count). The van der Waals surface area contributed by atoms with Crippen LogP contribution < -0.4 is 16.4 Å². The summed E-state index contributed by atoms with van der Waals surface area (Å²) in [6.45, 7) is 0. The Morgan fingerprint density at radius 1 is 1.20 bits per heavy atom. The van der Waals surface area contributed by atoms with Crippen LogP contribution in [0.4, 0.5) is 21.5 Å². The molecule has 3 aromatic rings. The predicted octanol–water partition coefficient (Wildman–Crippen LogP) is 3.59. The van der Waals surface area contributed by atoms with Crippen LogP contribution in [0, 0.1) is 5.82 Å². The Balaban J connectivity index is 1.86. The zero-order chi connectivity index (χ0) is 17.4. The predicted molar refractivity (Wildman–Crippen MR) is 96.3 cm³/mol. The van der Waals surface area contributed by atoms with Crippen molar-refractivity contribution in [3.8, 4) is 0 Å². The third-order valence-electron chi connectivity index (χ3n) is 4.19. The van der Waals surface area contributed by atoms with E-state index in [9.17, 15) is 9.18 Å². The van der Waals surface area contributed by atoms with Crippen LogP contribution in [-0.4, -0.2) is 16.9 Å². The Kier molecular flexibility index (Phi) is 3.72. The van der Waals surface area contributed by atoms with E-state index in [0.717, 1.165) is 18.5 Å². The molecular formula is C19H17FN4O. The number of hydrogen-bond acceptors (Lipinski definition) is 4. The number of nitrogens with zero attached hydrogens (tertiary/aromatic N) is 1. The number of fused-ring (bicyclic) bond motifs is 1. The Hall–Kier alpha value is -3.15. The molecule has 0 aliphatic heterocycles. The molecular weight excluding hydrogens is 319 g/mol. The summed E-state index contributed by atoms with van der Waals surface area (Å²) >= 11 is 0. The fraction of sp³-hybridized carbons (Fsp3) is 0.158. The molecule has 6 heteroatoms. The minimum atomic E-state index is -0.527. The minimum Gasteiger partial charge on any atom is -0.396 e. The van der Waals surface area contributed by atoms with Crippen molar-refractivity contribution in [3.05, 3.63) is 60.0 Å². The quantitative estimate of drug-likeness (QED) is 0.636. The van der Waals surface area contributed by atoms with Gasteiger partial charge in [-0.3, -0.25) is 9.78 Å². The number of aromatic nitrogens is 1. The number of pyridine rings is 1. The van der Waals surface area contributed by atoms with E-state index in [1.807, 2.05) is 30.3 Å². The van der Waals surface area contributed by atoms with E-state index in [2.05, 4.69) is 15.6 Å². The summed E-state index contributed by atoms with van der Waals surface area (Å²) in [5.74, 6) is -0.723. The van der Waals surface area contributed by atoms with Gasteiger partial charge < -0.3 is 16.4 Å². The second-order valence-corrected chi connectivity index (χ2v) is 6.18. The lowest BCUT2D eigenvalue weighted by Gasteiger charge is -2.15. The van der Waals surface area contributed by atoms with Crippen LogP contribution >= 0.6 is 0 Å². The Morgan fingerprint density at radius 3 is 2.68 bits per heavy atom. The van der Waals surface area contributed by atoms with Crippen molar-refractivity contribution < 1.29 is 9.18 Å². The molecule has 0 bridgehead atoms. The molecule has 5 nitrogen and oxygen atoms in total. The van der Waals surface area contributed by atoms with Crippen molar-refractivity contribution in [1.29, 1.82) is 0 Å². The van der Waals surface area contributed by atoms with Crippen molar-refractivity contribution in [2.75, 3.05) is 11.1 Å². The minimum absolute atomic E-state index is 0.0187. The summed E-state index contributed by atoms with van der Waals surface area (Å²) in [5, 5.41) is 6.82. The molecule has 1 aromatic heterocycles. The van der Waals surface area contributed by atoms with Crippen LogP contribution in [0.1, 0.15) is 23.2 Å². The summed E-state index contributed by atoms with van der Waals surface area (Å²) in [7, 11) is 0. The highest BCUT2D eigenvalue weighted by molar-refractivity contribution is 6.08. The highest BCUT2D eigenvalue weighted by Gasteiger charge is 2.26. The van der Waals surface area contributed by atoms with E-state index in [-0.39, 0.29) is 17.6 Å². The number of nitrogens with two attached hydrogens (primary N) is 1. The number of nitrogens with one attached hydrogen (secondary N) is 2. The first-order chi connectivity index (χ1) is 12.1. The van der Waals surface area contributed by atoms with Gasteiger partial charge in [0, 0.05) is 29.4 Å². The molecule has 1 aliphatic carbocycles. The molecule has 1 amide bonds. The number of rotatable bonds is 4. The van der Waals surface area contributed by atoms with Gasteiger partial charge >= 0.3 is 0 Å². The Labute approximate surface area is 144 Å². The van der Waals surface area contributed by atoms with Gasteiger partial charge in [0.15, 0.2) is 0 Å². The van der Waals surface area contributed by atoms with Crippen molar-refractivity contribution in [2.24, 2.45) is 0 Å². The van der Waals surface area contributed by atoms with E-state index in [0.29, 0.717) is 22.2 Å². The first-order valence-electron chi connectivity index (χ1n) is 8.12. The maximum Gasteiger partial charge on any atom is 0.255 e. The standard InChI is InChI=1S/C19H17FN4O/c20-15-9-17-13(8-16(15)21)18(23-11-4-2-1-3-5-11)14(10-22-17)19(25)24-12-6-7-12/h1-5,8-10,12H,6-7,21H2,(H,22,23)(H,24,25). The molecule has 4 N–H and O–H groups in total. The van der Waals surface area contributed by atoms with Crippen LogP contribution in [0.5, 0.6) is 0 Å². The van der Waals surface area contributed by atoms with E-state index in [1.165, 1.54) is 18.3 Å². The summed E-state index contributed by atoms with van der Waals surface area (Å²) < 4.78 is 13.8. The molecule has 1 aliphatic rings. The van der Waals surface area contributed by atoms with Gasteiger partial charge in [-0.25, -0.2) is 4.39 Å². The van der Waals surface area contributed by atoms with E-state index >= 15 is 0 Å². The van der Waals surface area contributed by atoms with Gasteiger partial charge in [-0.15, -0.1) is 0 Å². The molecule has 1 saturated carbocycles. The van der Waals surface area contributed by atoms with Crippen LogP contribution in [-0.2, 0) is 0 Å². The highest BCUT2D eigenvalue weighted by Crippen LogP contribution is 2.32. The molecule has 0 atom stereocenters. The molecule has 25 heavy (non-hydrogen) atoms. The molecule has 0 saturated heterocycles. The number of para-hydroxylation sites is 1. The molecule has 0 unspecified atom stereocenters. The average molecular weight is 336 g/mol. The summed E-state index contributed by atoms with van der Waals surface area (Å²) in [4.78, 5) is 16.8. The van der Waals surface area contributed by atoms with Gasteiger partial charge in [-0.05, 0) is 31.0 Å². The number of carbonyl (C=O) groups excluding carboxylic acids is 1. The fourth-order valence-corrected chi connectivity index (χ4v) is 2.69. The number of hydrogen-bond donors (Lipinski definition) is 3. The number of nitrogen functional groups attached to an aromatic ring is 1. The Bertz CT molecular complexity index is 955. The number of halogens is 1. The number of carbonyl (C=O) groups is 1. The van der Waals surface area contributed by atoms with Crippen LogP contribution in [0.15, 0.2) is 48.7 Å². The van der Waals surface area contributed by atoms with Gasteiger partial charge in [0.2, 0.25) is 0 Å². The Morgan fingerprint density at radius 2 is 1.96 bits per heavy atom. The SMILES string of the molecule is Nc1cc2c(Nc3ccccc3)c(C(=O)NC3CC3)cnc2cc1F. The summed E-state index contributed by atoms with van der Waals surface area (Å²) in [6, 6.07) is 12.5. The fourth-order valence-electron chi connectivity index (χ4n) is 2.69. The van der Waals surface area contributed by atoms with Gasteiger partial charge in [0.25, 0.3) is 5.91 Å². The molecule has 1 heterocycles. The van der Waals surface area contributed by atoms with Gasteiger partial charge in [0.1, 0.15) is 5.82 Å². The second-order valence-electron chi connectivity index (χ2n) is 6.18. The molecule has 126 valence electrons. The number of amides is 1. The topological polar surface area (TPSA) is 80.0 Å². The van der Waals surface area contributed by atoms with Gasteiger partial charge in [0.05, 0.1) is 22.5 Å². The van der Waals surface area contributed by atoms with E-state index < -0.39 is 5.82 Å². The normalized spacial score (nSPS) is 13.6. The lowest BCUT2D eigenvalue weighted by atomic mass is 10.1. The zero-order valence-electron chi connectivity index (χ0n) is 13.4. The maximum absolute atomic E-state index is 13.8. The van der Waals surface area contributed by atoms with Crippen molar-refractivity contribution in [1.82, 2.24) is 10.3 Å². The van der Waals surface area contributed by atoms with Crippen molar-refractivity contribution >= 4 is 33.9 Å². The third-order valence-corrected chi connectivity index (χ3v) is 4.19. The average Bonchev–Trinajstić information content (AvgIpc) is 3.41. The highest BCUT2D eigenvalue weighted by atomic mass is 19.1. The first-order valence-corrected chi connectivity index (χ1v) is 8.12. The van der Waals surface area contributed by atoms with Crippen molar-refractivity contribution in [2.45, 2.75) is 18.9 Å². The maximum atomic E-state index is 13.8. The molecule has 0 radical (unpaired) electrons. The lowest BCUT2D eigenvalue weighted by Crippen LogP contribution is -2.26. The molecule has 2 aromatic carbocycles. The van der Waals surface area contributed by atoms with Gasteiger partial charge in [-0.1, -0.05) is 18.2 Å². The summed E-state index contributed by atoms with van der Waals surface area (Å²) in [6.07, 6.45) is 3.46. The first kappa shape index (κ1) is 15.4. The van der Waals surface area contributed by atoms with E-state index in [1.54, 1.807) is 0 Å². The van der Waals surface area contributed by atoms with Crippen molar-refractivity contribution in [3.63, 3.8) is 0 Å². The van der Waals surface area contributed by atoms with Crippen LogP contribution in [0.25, 0.3) is 10.9 Å². The van der Waals surface area contributed by atoms with E-state index in [4.69, 9.17) is 5.73 Å². The largest absolute Gasteiger partial charge is 0.396 e. The van der Waals surface area contributed by atoms with Crippen LogP contribution in [0.3, 0.4) is 0 Å². The second kappa shape index (κ2) is 6.05. The molecule has 0 spiro atoms. The monoisotopic (exact) mass is 336 g/mol. The van der Waals surface area contributed by atoms with Crippen LogP contribution in [0.2, 0.25) is 0 Å². The van der Waals surface area contributed by atoms with Gasteiger partial charge in [-0.2, -0.15) is 0 Å². The summed E-state index contributed by atoms with van der Waals surface area (Å²) in [5.41, 5.74) is 7.99. The molecule has 1 fully saturated rings. The smallest absolute Gasteiger partial charge is 0.255 e. The number of anilines is 3. The third kappa shape index (κ3) is 3.10.